The van der Waals surface area contributed by atoms with Crippen molar-refractivity contribution in [1.82, 2.24) is 4.90 Å². The highest BCUT2D eigenvalue weighted by Crippen LogP contribution is 2.06. The van der Waals surface area contributed by atoms with Gasteiger partial charge in [0, 0.05) is 12.2 Å². The lowest BCUT2D eigenvalue weighted by atomic mass is 10.2. The van der Waals surface area contributed by atoms with Gasteiger partial charge in [-0.15, -0.1) is 0 Å². The number of ether oxygens (including phenoxy) is 7. The van der Waals surface area contributed by atoms with Gasteiger partial charge < -0.3 is 33.2 Å². The van der Waals surface area contributed by atoms with Crippen molar-refractivity contribution in [3.8, 4) is 0 Å². The molecule has 0 fully saturated rings. The minimum atomic E-state index is -0.514. The summed E-state index contributed by atoms with van der Waals surface area (Å²) in [4.78, 5) is 35.2. The van der Waals surface area contributed by atoms with E-state index in [9.17, 15) is 14.4 Å². The Morgan fingerprint density at radius 1 is 0.667 bits per heavy atom. The molecule has 0 radical (unpaired) electrons. The maximum Gasteiger partial charge on any atom is 0.332 e. The summed E-state index contributed by atoms with van der Waals surface area (Å²) < 4.78 is 37.1. The summed E-state index contributed by atoms with van der Waals surface area (Å²) in [5.41, 5.74) is -0.514. The lowest BCUT2D eigenvalue weighted by Crippen LogP contribution is -2.33. The smallest absolute Gasteiger partial charge is 0.332 e. The molecule has 0 saturated heterocycles. The fourth-order valence-corrected chi connectivity index (χ4v) is 2.43. The second-order valence-corrected chi connectivity index (χ2v) is 7.86. The third-order valence-corrected chi connectivity index (χ3v) is 3.86. The SMILES string of the molecule is CC(C)(C)OC(=O)COCCOCCOCCOCCOCCOCCN1C(=O)C=CC1=O. The van der Waals surface area contributed by atoms with Crippen LogP contribution in [0.5, 0.6) is 0 Å². The molecule has 1 heterocycles. The molecule has 0 N–H and O–H groups in total. The van der Waals surface area contributed by atoms with Gasteiger partial charge in [-0.25, -0.2) is 4.79 Å². The van der Waals surface area contributed by atoms with Crippen molar-refractivity contribution in [3.63, 3.8) is 0 Å². The van der Waals surface area contributed by atoms with E-state index in [0.717, 1.165) is 4.90 Å². The molecule has 0 aromatic carbocycles. The number of nitrogens with zero attached hydrogens (tertiary/aromatic N) is 1. The molecule has 1 aliphatic rings. The topological polar surface area (TPSA) is 119 Å². The van der Waals surface area contributed by atoms with E-state index in [0.29, 0.717) is 66.1 Å². The summed E-state index contributed by atoms with van der Waals surface area (Å²) in [6.07, 6.45) is 2.50. The Morgan fingerprint density at radius 2 is 1.03 bits per heavy atom. The fourth-order valence-electron chi connectivity index (χ4n) is 2.43. The molecule has 0 aromatic rings. The average Bonchev–Trinajstić information content (AvgIpc) is 3.06. The van der Waals surface area contributed by atoms with Gasteiger partial charge in [0.2, 0.25) is 0 Å². The second kappa shape index (κ2) is 17.6. The van der Waals surface area contributed by atoms with Gasteiger partial charge in [0.05, 0.1) is 79.2 Å². The minimum Gasteiger partial charge on any atom is -0.458 e. The van der Waals surface area contributed by atoms with Gasteiger partial charge in [-0.1, -0.05) is 0 Å². The molecule has 0 spiro atoms. The number of esters is 1. The van der Waals surface area contributed by atoms with Crippen LogP contribution in [0.25, 0.3) is 0 Å². The van der Waals surface area contributed by atoms with Crippen LogP contribution in [-0.4, -0.2) is 114 Å². The first-order chi connectivity index (χ1) is 15.8. The third kappa shape index (κ3) is 16.4. The maximum atomic E-state index is 11.4. The Morgan fingerprint density at radius 3 is 1.42 bits per heavy atom. The van der Waals surface area contributed by atoms with Gasteiger partial charge in [0.15, 0.2) is 0 Å². The highest BCUT2D eigenvalue weighted by atomic mass is 16.6. The molecule has 0 bridgehead atoms. The van der Waals surface area contributed by atoms with Crippen molar-refractivity contribution in [1.29, 1.82) is 0 Å². The van der Waals surface area contributed by atoms with Crippen molar-refractivity contribution in [2.24, 2.45) is 0 Å². The zero-order valence-electron chi connectivity index (χ0n) is 19.9. The van der Waals surface area contributed by atoms with E-state index in [-0.39, 0.29) is 31.6 Å². The Balaban J connectivity index is 1.73. The van der Waals surface area contributed by atoms with Crippen LogP contribution >= 0.6 is 0 Å². The lowest BCUT2D eigenvalue weighted by molar-refractivity contribution is -0.160. The van der Waals surface area contributed by atoms with E-state index < -0.39 is 11.6 Å². The zero-order chi connectivity index (χ0) is 24.4. The molecule has 0 aliphatic carbocycles. The quantitative estimate of drug-likeness (QED) is 0.139. The van der Waals surface area contributed by atoms with Gasteiger partial charge in [-0.05, 0) is 20.8 Å². The summed E-state index contributed by atoms with van der Waals surface area (Å²) in [5, 5.41) is 0. The molecule has 33 heavy (non-hydrogen) atoms. The second-order valence-electron chi connectivity index (χ2n) is 7.86. The van der Waals surface area contributed by atoms with Crippen LogP contribution in [-0.2, 0) is 47.5 Å². The summed E-state index contributed by atoms with van der Waals surface area (Å²) in [7, 11) is 0. The largest absolute Gasteiger partial charge is 0.458 e. The van der Waals surface area contributed by atoms with Gasteiger partial charge in [0.1, 0.15) is 12.2 Å². The summed E-state index contributed by atoms with van der Waals surface area (Å²) in [6.45, 7) is 9.93. The summed E-state index contributed by atoms with van der Waals surface area (Å²) >= 11 is 0. The molecule has 1 aliphatic heterocycles. The van der Waals surface area contributed by atoms with E-state index in [1.54, 1.807) is 20.8 Å². The zero-order valence-corrected chi connectivity index (χ0v) is 19.9. The fraction of sp³-hybridized carbons (Fsp3) is 0.773. The maximum absolute atomic E-state index is 11.4. The van der Waals surface area contributed by atoms with Crippen molar-refractivity contribution < 1.29 is 47.5 Å². The minimum absolute atomic E-state index is 0.0911. The molecule has 0 unspecified atom stereocenters. The molecule has 11 nitrogen and oxygen atoms in total. The van der Waals surface area contributed by atoms with Gasteiger partial charge in [-0.2, -0.15) is 0 Å². The Hall–Kier alpha value is -1.89. The molecule has 0 aromatic heterocycles. The first-order valence-electron chi connectivity index (χ1n) is 11.0. The molecule has 0 atom stereocenters. The van der Waals surface area contributed by atoms with Crippen molar-refractivity contribution in [3.05, 3.63) is 12.2 Å². The van der Waals surface area contributed by atoms with Crippen LogP contribution in [0.15, 0.2) is 12.2 Å². The molecule has 11 heteroatoms. The first kappa shape index (κ1) is 29.1. The van der Waals surface area contributed by atoms with Gasteiger partial charge in [0.25, 0.3) is 11.8 Å². The van der Waals surface area contributed by atoms with Crippen LogP contribution < -0.4 is 0 Å². The molecular weight excluding hydrogens is 438 g/mol. The monoisotopic (exact) mass is 475 g/mol. The number of carbonyl (C=O) groups is 3. The van der Waals surface area contributed by atoms with Crippen molar-refractivity contribution >= 4 is 17.8 Å². The number of imide groups is 1. The Kier molecular flexibility index (Phi) is 15.5. The summed E-state index contributed by atoms with van der Waals surface area (Å²) in [6, 6.07) is 0. The molecule has 2 amide bonds. The Labute approximate surface area is 195 Å². The highest BCUT2D eigenvalue weighted by molar-refractivity contribution is 6.12. The van der Waals surface area contributed by atoms with Crippen LogP contribution in [0.2, 0.25) is 0 Å². The van der Waals surface area contributed by atoms with E-state index in [2.05, 4.69) is 0 Å². The molecular formula is C22H37NO10. The molecule has 190 valence electrons. The Bertz CT molecular complexity index is 584. The van der Waals surface area contributed by atoms with E-state index in [4.69, 9.17) is 33.2 Å². The summed E-state index contributed by atoms with van der Waals surface area (Å²) in [5.74, 6) is -1.02. The first-order valence-corrected chi connectivity index (χ1v) is 11.0. The van der Waals surface area contributed by atoms with Crippen LogP contribution in [0.3, 0.4) is 0 Å². The standard InChI is InChI=1S/C22H37NO10/c1-22(2,3)33-21(26)18-32-17-16-31-15-14-30-13-12-29-11-10-28-9-8-27-7-6-23-19(24)4-5-20(23)25/h4-5H,6-18H2,1-3H3. The molecule has 0 saturated carbocycles. The number of amides is 2. The lowest BCUT2D eigenvalue weighted by Gasteiger charge is -2.19. The van der Waals surface area contributed by atoms with Crippen LogP contribution in [0.4, 0.5) is 0 Å². The number of rotatable bonds is 20. The van der Waals surface area contributed by atoms with Crippen molar-refractivity contribution in [2.75, 3.05) is 85.8 Å². The van der Waals surface area contributed by atoms with E-state index in [1.165, 1.54) is 12.2 Å². The number of carbonyl (C=O) groups excluding carboxylic acids is 3. The predicted molar refractivity (Wildman–Crippen MR) is 117 cm³/mol. The van der Waals surface area contributed by atoms with Gasteiger partial charge in [-0.3, -0.25) is 14.5 Å². The van der Waals surface area contributed by atoms with E-state index >= 15 is 0 Å². The normalized spacial score (nSPS) is 13.8. The van der Waals surface area contributed by atoms with Crippen molar-refractivity contribution in [2.45, 2.75) is 26.4 Å². The average molecular weight is 476 g/mol. The van der Waals surface area contributed by atoms with E-state index in [1.807, 2.05) is 0 Å². The van der Waals surface area contributed by atoms with Gasteiger partial charge >= 0.3 is 5.97 Å². The third-order valence-electron chi connectivity index (χ3n) is 3.86. The highest BCUT2D eigenvalue weighted by Gasteiger charge is 2.22. The van der Waals surface area contributed by atoms with Crippen LogP contribution in [0.1, 0.15) is 20.8 Å². The predicted octanol–water partition coefficient (Wildman–Crippen LogP) is 0.353. The number of hydrogen-bond donors (Lipinski definition) is 0. The number of hydrogen-bond acceptors (Lipinski definition) is 10. The molecule has 1 rings (SSSR count). The van der Waals surface area contributed by atoms with Crippen LogP contribution in [0, 0.1) is 0 Å².